The van der Waals surface area contributed by atoms with E-state index in [2.05, 4.69) is 0 Å². The minimum absolute atomic E-state index is 0.208. The first-order valence-corrected chi connectivity index (χ1v) is 9.27. The highest BCUT2D eigenvalue weighted by molar-refractivity contribution is 6.30. The summed E-state index contributed by atoms with van der Waals surface area (Å²) in [5.41, 5.74) is 4.21. The third-order valence-corrected chi connectivity index (χ3v) is 5.11. The number of methoxy groups -OCH3 is 2. The monoisotopic (exact) mass is 384 g/mol. The van der Waals surface area contributed by atoms with Crippen molar-refractivity contribution in [2.75, 3.05) is 14.2 Å². The summed E-state index contributed by atoms with van der Waals surface area (Å²) in [6.45, 7) is 2.04. The average Bonchev–Trinajstić information content (AvgIpc) is 2.75. The predicted molar refractivity (Wildman–Crippen MR) is 113 cm³/mol. The number of fused-ring (bicyclic) bond motifs is 2. The van der Waals surface area contributed by atoms with Crippen LogP contribution in [0, 0.1) is 6.92 Å². The number of ether oxygens (including phenoxy) is 2. The summed E-state index contributed by atoms with van der Waals surface area (Å²) in [5.74, 6) is 0.297. The first-order chi connectivity index (χ1) is 14.0. The topological polar surface area (TPSA) is 52.6 Å². The van der Waals surface area contributed by atoms with E-state index in [1.165, 1.54) is 19.8 Å². The van der Waals surface area contributed by atoms with E-state index in [9.17, 15) is 9.59 Å². The Hall–Kier alpha value is -3.66. The normalized spacial score (nSPS) is 12.7. The molecule has 0 saturated heterocycles. The van der Waals surface area contributed by atoms with Gasteiger partial charge in [-0.2, -0.15) is 0 Å². The fraction of sp³-hybridized carbons (Fsp3) is 0.120. The molecule has 3 aromatic rings. The highest BCUT2D eigenvalue weighted by Crippen LogP contribution is 2.39. The SMILES string of the molecule is COc1cccc2c1C(=O)c1c(ccc(/C=C/c3ccc(C)cc3)c1OC)C2=O. The van der Waals surface area contributed by atoms with Crippen LogP contribution in [0.15, 0.2) is 54.6 Å². The maximum absolute atomic E-state index is 13.3. The van der Waals surface area contributed by atoms with E-state index < -0.39 is 0 Å². The highest BCUT2D eigenvalue weighted by atomic mass is 16.5. The van der Waals surface area contributed by atoms with Crippen molar-refractivity contribution >= 4 is 23.7 Å². The molecule has 3 aromatic carbocycles. The Balaban J connectivity index is 1.85. The van der Waals surface area contributed by atoms with Gasteiger partial charge < -0.3 is 9.47 Å². The Bertz CT molecular complexity index is 1150. The van der Waals surface area contributed by atoms with Crippen LogP contribution in [0.1, 0.15) is 48.5 Å². The van der Waals surface area contributed by atoms with Gasteiger partial charge in [-0.15, -0.1) is 0 Å². The van der Waals surface area contributed by atoms with Crippen molar-refractivity contribution < 1.29 is 19.1 Å². The van der Waals surface area contributed by atoms with E-state index in [0.29, 0.717) is 22.6 Å². The van der Waals surface area contributed by atoms with Gasteiger partial charge in [0.2, 0.25) is 5.78 Å². The van der Waals surface area contributed by atoms with Crippen LogP contribution in [-0.4, -0.2) is 25.8 Å². The Morgan fingerprint density at radius 2 is 1.45 bits per heavy atom. The maximum atomic E-state index is 13.3. The second kappa shape index (κ2) is 7.40. The fourth-order valence-corrected chi connectivity index (χ4v) is 3.62. The van der Waals surface area contributed by atoms with E-state index in [1.807, 2.05) is 43.3 Å². The molecule has 0 fully saturated rings. The number of hydrogen-bond donors (Lipinski definition) is 0. The van der Waals surface area contributed by atoms with E-state index in [0.717, 1.165) is 11.1 Å². The molecule has 29 heavy (non-hydrogen) atoms. The molecule has 0 N–H and O–H groups in total. The maximum Gasteiger partial charge on any atom is 0.202 e. The second-order valence-corrected chi connectivity index (χ2v) is 6.90. The fourth-order valence-electron chi connectivity index (χ4n) is 3.62. The Morgan fingerprint density at radius 3 is 2.14 bits per heavy atom. The lowest BCUT2D eigenvalue weighted by Crippen LogP contribution is -2.22. The smallest absolute Gasteiger partial charge is 0.202 e. The lowest BCUT2D eigenvalue weighted by atomic mass is 9.82. The van der Waals surface area contributed by atoms with Gasteiger partial charge in [-0.1, -0.05) is 60.2 Å². The van der Waals surface area contributed by atoms with E-state index >= 15 is 0 Å². The zero-order valence-corrected chi connectivity index (χ0v) is 16.5. The van der Waals surface area contributed by atoms with Gasteiger partial charge in [-0.25, -0.2) is 0 Å². The Morgan fingerprint density at radius 1 is 0.724 bits per heavy atom. The van der Waals surface area contributed by atoms with Crippen molar-refractivity contribution in [1.29, 1.82) is 0 Å². The van der Waals surface area contributed by atoms with Crippen molar-refractivity contribution in [2.45, 2.75) is 6.92 Å². The number of aryl methyl sites for hydroxylation is 1. The van der Waals surface area contributed by atoms with E-state index in [-0.39, 0.29) is 22.7 Å². The summed E-state index contributed by atoms with van der Waals surface area (Å²) < 4.78 is 10.9. The molecule has 0 amide bonds. The van der Waals surface area contributed by atoms with Crippen LogP contribution in [0.2, 0.25) is 0 Å². The molecule has 0 saturated carbocycles. The highest BCUT2D eigenvalue weighted by Gasteiger charge is 2.35. The van der Waals surface area contributed by atoms with Gasteiger partial charge in [-0.05, 0) is 24.6 Å². The van der Waals surface area contributed by atoms with Crippen LogP contribution in [0.3, 0.4) is 0 Å². The number of rotatable bonds is 4. The molecule has 4 nitrogen and oxygen atoms in total. The third-order valence-electron chi connectivity index (χ3n) is 5.11. The quantitative estimate of drug-likeness (QED) is 0.467. The molecule has 0 aliphatic heterocycles. The Labute approximate surface area is 169 Å². The van der Waals surface area contributed by atoms with E-state index in [1.54, 1.807) is 30.3 Å². The molecule has 0 bridgehead atoms. The van der Waals surface area contributed by atoms with Crippen molar-refractivity contribution in [3.8, 4) is 11.5 Å². The molecule has 0 aromatic heterocycles. The van der Waals surface area contributed by atoms with Crippen molar-refractivity contribution in [2.24, 2.45) is 0 Å². The zero-order valence-electron chi connectivity index (χ0n) is 16.5. The summed E-state index contributed by atoms with van der Waals surface area (Å²) in [4.78, 5) is 26.4. The lowest BCUT2D eigenvalue weighted by molar-refractivity contribution is 0.0974. The van der Waals surface area contributed by atoms with Crippen molar-refractivity contribution in [3.05, 3.63) is 93.5 Å². The van der Waals surface area contributed by atoms with Crippen LogP contribution < -0.4 is 9.47 Å². The number of benzene rings is 3. The van der Waals surface area contributed by atoms with Crippen LogP contribution in [0.4, 0.5) is 0 Å². The minimum atomic E-state index is -0.269. The predicted octanol–water partition coefficient (Wildman–Crippen LogP) is 4.96. The molecule has 4 heteroatoms. The standard InChI is InChI=1S/C25H20O4/c1-15-7-9-16(10-8-15)11-12-17-13-14-19-22(25(17)29-3)24(27)21-18(23(19)26)5-4-6-20(21)28-2/h4-14H,1-3H3/b12-11+. The largest absolute Gasteiger partial charge is 0.496 e. The van der Waals surface area contributed by atoms with Gasteiger partial charge in [0, 0.05) is 16.7 Å². The molecule has 4 rings (SSSR count). The molecule has 0 atom stereocenters. The van der Waals surface area contributed by atoms with Gasteiger partial charge in [0.25, 0.3) is 0 Å². The summed E-state index contributed by atoms with van der Waals surface area (Å²) >= 11 is 0. The molecule has 0 radical (unpaired) electrons. The molecule has 1 aliphatic rings. The van der Waals surface area contributed by atoms with Crippen LogP contribution >= 0.6 is 0 Å². The third kappa shape index (κ3) is 3.13. The Kier molecular flexibility index (Phi) is 4.77. The summed E-state index contributed by atoms with van der Waals surface area (Å²) in [6, 6.07) is 16.7. The number of hydrogen-bond acceptors (Lipinski definition) is 4. The van der Waals surface area contributed by atoms with Crippen LogP contribution in [0.25, 0.3) is 12.2 Å². The number of carbonyl (C=O) groups is 2. The number of ketones is 2. The number of carbonyl (C=O) groups excluding carboxylic acids is 2. The van der Waals surface area contributed by atoms with Crippen LogP contribution in [-0.2, 0) is 0 Å². The van der Waals surface area contributed by atoms with E-state index in [4.69, 9.17) is 9.47 Å². The molecule has 144 valence electrons. The average molecular weight is 384 g/mol. The van der Waals surface area contributed by atoms with Gasteiger partial charge in [0.1, 0.15) is 11.5 Å². The minimum Gasteiger partial charge on any atom is -0.496 e. The second-order valence-electron chi connectivity index (χ2n) is 6.90. The summed E-state index contributed by atoms with van der Waals surface area (Å²) in [7, 11) is 3.00. The summed E-state index contributed by atoms with van der Waals surface area (Å²) in [6.07, 6.45) is 3.84. The van der Waals surface area contributed by atoms with Gasteiger partial charge in [-0.3, -0.25) is 9.59 Å². The first-order valence-electron chi connectivity index (χ1n) is 9.27. The first kappa shape index (κ1) is 18.7. The molecule has 0 unspecified atom stereocenters. The summed E-state index contributed by atoms with van der Waals surface area (Å²) in [5, 5.41) is 0. The molecular weight excluding hydrogens is 364 g/mol. The van der Waals surface area contributed by atoms with Crippen molar-refractivity contribution in [1.82, 2.24) is 0 Å². The molecule has 1 aliphatic carbocycles. The van der Waals surface area contributed by atoms with Gasteiger partial charge in [0.15, 0.2) is 5.78 Å². The van der Waals surface area contributed by atoms with Gasteiger partial charge >= 0.3 is 0 Å². The van der Waals surface area contributed by atoms with Crippen molar-refractivity contribution in [3.63, 3.8) is 0 Å². The molecule has 0 spiro atoms. The zero-order chi connectivity index (χ0) is 20.5. The van der Waals surface area contributed by atoms with Gasteiger partial charge in [0.05, 0.1) is 25.3 Å². The molecular formula is C25H20O4. The lowest BCUT2D eigenvalue weighted by Gasteiger charge is -2.22. The molecule has 0 heterocycles. The van der Waals surface area contributed by atoms with Crippen LogP contribution in [0.5, 0.6) is 11.5 Å².